The predicted octanol–water partition coefficient (Wildman–Crippen LogP) is 7.27. The van der Waals surface area contributed by atoms with Crippen molar-refractivity contribution in [3.05, 3.63) is 72.9 Å². The van der Waals surface area contributed by atoms with Gasteiger partial charge in [-0.3, -0.25) is 9.59 Å². The lowest BCUT2D eigenvalue weighted by Gasteiger charge is -2.39. The number of hydrogen-bond donors (Lipinski definition) is 4. The van der Waals surface area contributed by atoms with Gasteiger partial charge in [0.25, 0.3) is 0 Å². The molecule has 6 atom stereocenters. The van der Waals surface area contributed by atoms with Gasteiger partial charge in [0.15, 0.2) is 12.4 Å². The highest BCUT2D eigenvalue weighted by Crippen LogP contribution is 2.22. The number of unbranched alkanes of at least 4 members (excludes halogenated alkanes) is 8. The Morgan fingerprint density at radius 1 is 0.635 bits per heavy atom. The summed E-state index contributed by atoms with van der Waals surface area (Å²) in [7, 11) is 0. The van der Waals surface area contributed by atoms with Gasteiger partial charge >= 0.3 is 11.9 Å². The summed E-state index contributed by atoms with van der Waals surface area (Å²) in [6.45, 7) is 3.14. The molecule has 296 valence electrons. The maximum atomic E-state index is 12.6. The van der Waals surface area contributed by atoms with Crippen molar-refractivity contribution >= 4 is 11.9 Å². The maximum Gasteiger partial charge on any atom is 0.310 e. The fraction of sp³-hybridized carbons (Fsp3) is 0.667. The van der Waals surface area contributed by atoms with Crippen LogP contribution in [0.25, 0.3) is 0 Å². The first-order chi connectivity index (χ1) is 25.3. The lowest BCUT2D eigenvalue weighted by Crippen LogP contribution is -2.59. The molecule has 6 unspecified atom stereocenters. The van der Waals surface area contributed by atoms with Crippen LogP contribution in [0.4, 0.5) is 0 Å². The van der Waals surface area contributed by atoms with Crippen molar-refractivity contribution in [2.45, 2.75) is 160 Å². The summed E-state index contributed by atoms with van der Waals surface area (Å²) in [5.41, 5.74) is 0. The quantitative estimate of drug-likeness (QED) is 0.0337. The summed E-state index contributed by atoms with van der Waals surface area (Å²) in [4.78, 5) is 25.1. The fourth-order valence-corrected chi connectivity index (χ4v) is 5.26. The van der Waals surface area contributed by atoms with Crippen LogP contribution in [0.1, 0.15) is 123 Å². The van der Waals surface area contributed by atoms with E-state index in [4.69, 9.17) is 18.9 Å². The van der Waals surface area contributed by atoms with E-state index >= 15 is 0 Å². The topological polar surface area (TPSA) is 152 Å². The number of carbonyl (C=O) groups excluding carboxylic acids is 2. The Labute approximate surface area is 313 Å². The number of ether oxygens (including phenoxy) is 4. The van der Waals surface area contributed by atoms with E-state index < -0.39 is 55.4 Å². The lowest BCUT2D eigenvalue weighted by molar-refractivity contribution is -0.305. The Morgan fingerprint density at radius 2 is 1.19 bits per heavy atom. The minimum absolute atomic E-state index is 0.00728. The molecule has 52 heavy (non-hydrogen) atoms. The molecule has 1 heterocycles. The molecule has 0 aromatic carbocycles. The van der Waals surface area contributed by atoms with Crippen LogP contribution in [0.3, 0.4) is 0 Å². The zero-order valence-electron chi connectivity index (χ0n) is 31.8. The van der Waals surface area contributed by atoms with E-state index in [0.717, 1.165) is 64.2 Å². The minimum atomic E-state index is -1.61. The van der Waals surface area contributed by atoms with E-state index in [-0.39, 0.29) is 26.1 Å². The third kappa shape index (κ3) is 24.4. The fourth-order valence-electron chi connectivity index (χ4n) is 5.26. The molecular formula is C42H68O10. The zero-order chi connectivity index (χ0) is 38.1. The second-order valence-corrected chi connectivity index (χ2v) is 13.0. The molecule has 1 rings (SSSR count). The van der Waals surface area contributed by atoms with Gasteiger partial charge in [-0.1, -0.05) is 119 Å². The van der Waals surface area contributed by atoms with Gasteiger partial charge < -0.3 is 39.4 Å². The molecule has 0 bridgehead atoms. The van der Waals surface area contributed by atoms with Crippen LogP contribution < -0.4 is 0 Å². The van der Waals surface area contributed by atoms with Gasteiger partial charge in [-0.25, -0.2) is 0 Å². The van der Waals surface area contributed by atoms with Crippen molar-refractivity contribution < 1.29 is 49.0 Å². The first-order valence-corrected chi connectivity index (χ1v) is 19.5. The van der Waals surface area contributed by atoms with Crippen molar-refractivity contribution in [2.75, 3.05) is 19.8 Å². The molecule has 4 N–H and O–H groups in total. The number of hydrogen-bond acceptors (Lipinski definition) is 10. The molecule has 10 nitrogen and oxygen atoms in total. The van der Waals surface area contributed by atoms with Gasteiger partial charge in [-0.15, -0.1) is 0 Å². The minimum Gasteiger partial charge on any atom is -0.462 e. The number of carbonyl (C=O) groups is 2. The highest BCUT2D eigenvalue weighted by atomic mass is 16.7. The van der Waals surface area contributed by atoms with Crippen LogP contribution in [0.15, 0.2) is 72.9 Å². The molecule has 0 saturated carbocycles. The maximum absolute atomic E-state index is 12.6. The molecule has 0 aliphatic carbocycles. The molecule has 0 aromatic rings. The van der Waals surface area contributed by atoms with Gasteiger partial charge in [0.2, 0.25) is 0 Å². The van der Waals surface area contributed by atoms with E-state index in [0.29, 0.717) is 12.8 Å². The number of esters is 2. The third-order valence-electron chi connectivity index (χ3n) is 8.36. The Bertz CT molecular complexity index is 1080. The molecule has 1 aliphatic rings. The largest absolute Gasteiger partial charge is 0.462 e. The van der Waals surface area contributed by atoms with Crippen molar-refractivity contribution in [1.29, 1.82) is 0 Å². The van der Waals surface area contributed by atoms with E-state index in [2.05, 4.69) is 68.5 Å². The monoisotopic (exact) mass is 732 g/mol. The van der Waals surface area contributed by atoms with E-state index in [1.54, 1.807) is 6.08 Å². The molecule has 0 amide bonds. The molecular weight excluding hydrogens is 664 g/mol. The Kier molecular flexibility index (Phi) is 29.7. The molecule has 0 radical (unpaired) electrons. The SMILES string of the molecule is CC/C=C\C/C=C\C/C=C\C/C=C\C/C=C\CC(=O)OC(COC(=O)CCCCCCC/C=C\CCCCC)COC1OC(CO)C(O)C(O)C1O. The summed E-state index contributed by atoms with van der Waals surface area (Å²) in [6, 6.07) is 0. The summed E-state index contributed by atoms with van der Waals surface area (Å²) in [5, 5.41) is 39.9. The van der Waals surface area contributed by atoms with Crippen LogP contribution in [0.5, 0.6) is 0 Å². The van der Waals surface area contributed by atoms with Crippen LogP contribution >= 0.6 is 0 Å². The Morgan fingerprint density at radius 3 is 1.79 bits per heavy atom. The molecule has 0 spiro atoms. The molecule has 1 fully saturated rings. The van der Waals surface area contributed by atoms with Gasteiger partial charge in [0, 0.05) is 6.42 Å². The van der Waals surface area contributed by atoms with Crippen molar-refractivity contribution in [3.63, 3.8) is 0 Å². The summed E-state index contributed by atoms with van der Waals surface area (Å²) < 4.78 is 21.9. The van der Waals surface area contributed by atoms with Crippen molar-refractivity contribution in [2.24, 2.45) is 0 Å². The molecule has 1 saturated heterocycles. The third-order valence-corrected chi connectivity index (χ3v) is 8.36. The van der Waals surface area contributed by atoms with Gasteiger partial charge in [0.1, 0.15) is 31.0 Å². The highest BCUT2D eigenvalue weighted by molar-refractivity contribution is 5.71. The second-order valence-electron chi connectivity index (χ2n) is 13.0. The van der Waals surface area contributed by atoms with E-state index in [1.165, 1.54) is 19.3 Å². The number of aliphatic hydroxyl groups is 4. The number of allylic oxidation sites excluding steroid dienone is 11. The molecule has 1 aliphatic heterocycles. The van der Waals surface area contributed by atoms with Crippen molar-refractivity contribution in [3.8, 4) is 0 Å². The predicted molar refractivity (Wildman–Crippen MR) is 205 cm³/mol. The van der Waals surface area contributed by atoms with Crippen LogP contribution in [-0.2, 0) is 28.5 Å². The Balaban J connectivity index is 2.48. The summed E-state index contributed by atoms with van der Waals surface area (Å²) in [6.07, 6.45) is 32.3. The first-order valence-electron chi connectivity index (χ1n) is 19.5. The van der Waals surface area contributed by atoms with Gasteiger partial charge in [-0.05, 0) is 64.2 Å². The van der Waals surface area contributed by atoms with Crippen molar-refractivity contribution in [1.82, 2.24) is 0 Å². The highest BCUT2D eigenvalue weighted by Gasteiger charge is 2.44. The van der Waals surface area contributed by atoms with Gasteiger partial charge in [0.05, 0.1) is 19.6 Å². The number of rotatable bonds is 30. The average molecular weight is 733 g/mol. The second kappa shape index (κ2) is 32.8. The van der Waals surface area contributed by atoms with Crippen LogP contribution in [0, 0.1) is 0 Å². The van der Waals surface area contributed by atoms with E-state index in [1.807, 2.05) is 12.2 Å². The molecule has 10 heteroatoms. The average Bonchev–Trinajstić information content (AvgIpc) is 3.14. The lowest BCUT2D eigenvalue weighted by atomic mass is 9.99. The first kappa shape index (κ1) is 47.2. The van der Waals surface area contributed by atoms with E-state index in [9.17, 15) is 30.0 Å². The summed E-state index contributed by atoms with van der Waals surface area (Å²) >= 11 is 0. The zero-order valence-corrected chi connectivity index (χ0v) is 31.8. The Hall–Kier alpha value is -2.86. The van der Waals surface area contributed by atoms with Crippen LogP contribution in [-0.4, -0.2) is 89.0 Å². The number of aliphatic hydroxyl groups excluding tert-OH is 4. The molecule has 0 aromatic heterocycles. The normalized spacial score (nSPS) is 21.8. The summed E-state index contributed by atoms with van der Waals surface area (Å²) in [5.74, 6) is -0.975. The standard InChI is InChI=1S/C42H68O10/c1-3-5-7-9-11-13-15-17-18-19-21-23-25-27-29-31-38(45)51-35(34-50-42-41(48)40(47)39(46)36(32-43)52-42)33-49-37(44)30-28-26-24-22-20-16-14-12-10-8-6-4-2/h5,7,11-14,17-18,21,23,27,29,35-36,39-43,46-48H,3-4,6,8-10,15-16,19-20,22,24-26,28,30-34H2,1-2H3/b7-5-,13-11-,14-12-,18-17-,23-21-,29-27-. The smallest absolute Gasteiger partial charge is 0.310 e. The van der Waals surface area contributed by atoms with Gasteiger partial charge in [-0.2, -0.15) is 0 Å². The van der Waals surface area contributed by atoms with Crippen LogP contribution in [0.2, 0.25) is 0 Å².